The van der Waals surface area contributed by atoms with Gasteiger partial charge in [0.05, 0.1) is 23.4 Å². The lowest BCUT2D eigenvalue weighted by Crippen LogP contribution is -1.97. The normalized spacial score (nSPS) is 13.0. The minimum Gasteiger partial charge on any atom is -0.306 e. The van der Waals surface area contributed by atoms with E-state index in [0.29, 0.717) is 17.6 Å². The molecule has 0 saturated heterocycles. The van der Waals surface area contributed by atoms with Crippen LogP contribution in [0.4, 0.5) is 0 Å². The van der Waals surface area contributed by atoms with E-state index in [0.717, 1.165) is 31.4 Å². The van der Waals surface area contributed by atoms with Crippen LogP contribution >= 0.6 is 31.0 Å². The van der Waals surface area contributed by atoms with Gasteiger partial charge in [-0.25, -0.2) is 0 Å². The third-order valence-corrected chi connectivity index (χ3v) is 5.19. The fourth-order valence-corrected chi connectivity index (χ4v) is 3.97. The highest BCUT2D eigenvalue weighted by Gasteiger charge is 2.22. The first kappa shape index (κ1) is 18.5. The van der Waals surface area contributed by atoms with Crippen LogP contribution in [-0.2, 0) is 13.6 Å². The van der Waals surface area contributed by atoms with Crippen LogP contribution < -0.4 is 0 Å². The molecule has 0 radical (unpaired) electrons. The maximum atomic E-state index is 12.4. The predicted molar refractivity (Wildman–Crippen MR) is 81.4 cm³/mol. The molecule has 0 fully saturated rings. The predicted octanol–water partition coefficient (Wildman–Crippen LogP) is 5.60. The van der Waals surface area contributed by atoms with Crippen molar-refractivity contribution in [1.82, 2.24) is 0 Å². The van der Waals surface area contributed by atoms with Gasteiger partial charge in [0.2, 0.25) is 0 Å². The van der Waals surface area contributed by atoms with Crippen molar-refractivity contribution in [1.29, 1.82) is 0 Å². The molecule has 0 amide bonds. The zero-order chi connectivity index (χ0) is 13.9. The topological polar surface area (TPSA) is 35.5 Å². The lowest BCUT2D eigenvalue weighted by atomic mass is 10.4. The smallest absolute Gasteiger partial charge is 0.306 e. The zero-order valence-corrected chi connectivity index (χ0v) is 14.0. The van der Waals surface area contributed by atoms with Crippen LogP contribution in [-0.4, -0.2) is 19.0 Å². The van der Waals surface area contributed by atoms with E-state index in [1.807, 2.05) is 6.92 Å². The van der Waals surface area contributed by atoms with Gasteiger partial charge in [-0.05, 0) is 18.6 Å². The van der Waals surface area contributed by atoms with Gasteiger partial charge in [-0.15, -0.1) is 11.8 Å². The van der Waals surface area contributed by atoms with Crippen LogP contribution in [0.25, 0.3) is 0 Å². The van der Waals surface area contributed by atoms with Crippen LogP contribution in [0.5, 0.6) is 0 Å². The molecule has 0 N–H and O–H groups in total. The number of hydrogen-bond donors (Lipinski definition) is 0. The highest BCUT2D eigenvalue weighted by molar-refractivity contribution is 8.04. The lowest BCUT2D eigenvalue weighted by molar-refractivity contribution is 0.207. The lowest BCUT2D eigenvalue weighted by Gasteiger charge is -2.15. The van der Waals surface area contributed by atoms with Gasteiger partial charge in [0.15, 0.2) is 0 Å². The minimum absolute atomic E-state index is 0.442. The Morgan fingerprint density at radius 1 is 1.17 bits per heavy atom. The first-order chi connectivity index (χ1) is 8.58. The van der Waals surface area contributed by atoms with Crippen LogP contribution in [0.3, 0.4) is 0 Å². The molecule has 0 bridgehead atoms. The third kappa shape index (κ3) is 9.46. The van der Waals surface area contributed by atoms with E-state index < -0.39 is 7.60 Å². The molecule has 0 atom stereocenters. The Morgan fingerprint density at radius 3 is 2.06 bits per heavy atom. The van der Waals surface area contributed by atoms with E-state index in [1.54, 1.807) is 0 Å². The molecule has 0 rings (SSSR count). The Labute approximate surface area is 120 Å². The molecule has 0 heterocycles. The van der Waals surface area contributed by atoms with Crippen molar-refractivity contribution < 1.29 is 13.6 Å². The van der Waals surface area contributed by atoms with Crippen molar-refractivity contribution in [3.8, 4) is 0 Å². The van der Waals surface area contributed by atoms with Crippen molar-refractivity contribution in [3.05, 3.63) is 10.2 Å². The van der Waals surface area contributed by atoms with Crippen molar-refractivity contribution in [2.45, 2.75) is 46.5 Å². The Morgan fingerprint density at radius 2 is 1.67 bits per heavy atom. The van der Waals surface area contributed by atoms with E-state index >= 15 is 0 Å². The molecule has 3 nitrogen and oxygen atoms in total. The Kier molecular flexibility index (Phi) is 11.7. The summed E-state index contributed by atoms with van der Waals surface area (Å²) in [6.07, 6.45) is 3.73. The fraction of sp³-hybridized carbons (Fsp3) is 0.833. The van der Waals surface area contributed by atoms with E-state index in [1.165, 1.54) is 17.6 Å². The molecule has 0 saturated carbocycles. The zero-order valence-electron chi connectivity index (χ0n) is 11.5. The fourth-order valence-electron chi connectivity index (χ4n) is 1.08. The number of unbranched alkanes of at least 4 members (excludes halogenated alkanes) is 2. The van der Waals surface area contributed by atoms with E-state index in [4.69, 9.17) is 20.6 Å². The molecule has 0 aliphatic carbocycles. The molecular weight excluding hydrogens is 291 g/mol. The quantitative estimate of drug-likeness (QED) is 0.367. The summed E-state index contributed by atoms with van der Waals surface area (Å²) in [5.41, 5.74) is 0. The number of rotatable bonds is 11. The Balaban J connectivity index is 4.47. The molecular formula is C12H24ClO3PS. The standard InChI is InChI=1S/C12H24ClO3PS/c1-4-7-9-15-17(14,16-10-8-5-2)11-12(13)18-6-3/h11H,4-10H2,1-3H3. The minimum atomic E-state index is -3.18. The SMILES string of the molecule is CCCCOP(=O)(C=C(Cl)SCC)OCCCC. The second-order valence-electron chi connectivity index (χ2n) is 3.78. The molecule has 0 unspecified atom stereocenters. The molecule has 0 spiro atoms. The van der Waals surface area contributed by atoms with Crippen LogP contribution in [0.2, 0.25) is 0 Å². The van der Waals surface area contributed by atoms with Gasteiger partial charge in [0.1, 0.15) is 0 Å². The van der Waals surface area contributed by atoms with Crippen LogP contribution in [0.15, 0.2) is 10.2 Å². The third-order valence-electron chi connectivity index (χ3n) is 2.08. The second kappa shape index (κ2) is 11.4. The second-order valence-corrected chi connectivity index (χ2v) is 7.57. The maximum absolute atomic E-state index is 12.4. The average Bonchev–Trinajstić information content (AvgIpc) is 2.30. The summed E-state index contributed by atoms with van der Waals surface area (Å²) in [5.74, 6) is 2.27. The van der Waals surface area contributed by atoms with Gasteiger partial charge < -0.3 is 9.05 Å². The summed E-state index contributed by atoms with van der Waals surface area (Å²) in [4.78, 5) is 0. The first-order valence-corrected chi connectivity index (χ1v) is 9.45. The Bertz CT molecular complexity index is 270. The Hall–Kier alpha value is 0.530. The van der Waals surface area contributed by atoms with Crippen molar-refractivity contribution >= 4 is 31.0 Å². The van der Waals surface area contributed by atoms with Crippen LogP contribution in [0, 0.1) is 0 Å². The van der Waals surface area contributed by atoms with Gasteiger partial charge in [0.25, 0.3) is 0 Å². The summed E-state index contributed by atoms with van der Waals surface area (Å²) in [6, 6.07) is 0. The summed E-state index contributed by atoms with van der Waals surface area (Å²) >= 11 is 7.41. The van der Waals surface area contributed by atoms with Crippen molar-refractivity contribution in [2.24, 2.45) is 0 Å². The average molecular weight is 315 g/mol. The molecule has 108 valence electrons. The summed E-state index contributed by atoms with van der Waals surface area (Å²) in [5, 5.41) is 0. The van der Waals surface area contributed by atoms with Crippen molar-refractivity contribution in [2.75, 3.05) is 19.0 Å². The van der Waals surface area contributed by atoms with Gasteiger partial charge in [-0.2, -0.15) is 0 Å². The first-order valence-electron chi connectivity index (χ1n) is 6.48. The van der Waals surface area contributed by atoms with E-state index in [9.17, 15) is 4.57 Å². The van der Waals surface area contributed by atoms with Crippen molar-refractivity contribution in [3.63, 3.8) is 0 Å². The van der Waals surface area contributed by atoms with Gasteiger partial charge in [-0.3, -0.25) is 4.57 Å². The molecule has 0 aromatic carbocycles. The number of thioether (sulfide) groups is 1. The van der Waals surface area contributed by atoms with Gasteiger partial charge in [0, 0.05) is 0 Å². The van der Waals surface area contributed by atoms with Gasteiger partial charge in [-0.1, -0.05) is 45.2 Å². The largest absolute Gasteiger partial charge is 0.356 e. The highest BCUT2D eigenvalue weighted by Crippen LogP contribution is 2.52. The molecule has 6 heteroatoms. The van der Waals surface area contributed by atoms with Crippen LogP contribution in [0.1, 0.15) is 46.5 Å². The van der Waals surface area contributed by atoms with E-state index in [-0.39, 0.29) is 0 Å². The summed E-state index contributed by atoms with van der Waals surface area (Å²) < 4.78 is 23.7. The summed E-state index contributed by atoms with van der Waals surface area (Å²) in [6.45, 7) is 6.99. The molecule has 0 aromatic rings. The number of hydrogen-bond acceptors (Lipinski definition) is 4. The molecule has 0 aliphatic rings. The summed E-state index contributed by atoms with van der Waals surface area (Å²) in [7, 11) is -3.18. The van der Waals surface area contributed by atoms with E-state index in [2.05, 4.69) is 13.8 Å². The molecule has 0 aromatic heterocycles. The number of halogens is 1. The highest BCUT2D eigenvalue weighted by atomic mass is 35.5. The van der Waals surface area contributed by atoms with Gasteiger partial charge >= 0.3 is 7.60 Å². The monoisotopic (exact) mass is 314 g/mol. The maximum Gasteiger partial charge on any atom is 0.356 e. The molecule has 18 heavy (non-hydrogen) atoms. The molecule has 0 aliphatic heterocycles.